The molecule has 0 spiro atoms. The van der Waals surface area contributed by atoms with Gasteiger partial charge in [-0.25, -0.2) is 0 Å². The van der Waals surface area contributed by atoms with E-state index in [1.807, 2.05) is 6.20 Å². The van der Waals surface area contributed by atoms with Crippen LogP contribution in [0.5, 0.6) is 0 Å². The summed E-state index contributed by atoms with van der Waals surface area (Å²) in [6.07, 6.45) is 1.91. The Labute approximate surface area is 136 Å². The topological polar surface area (TPSA) is 12.9 Å². The molecule has 0 aliphatic rings. The zero-order chi connectivity index (χ0) is 15.5. The van der Waals surface area contributed by atoms with Gasteiger partial charge in [0.1, 0.15) is 0 Å². The van der Waals surface area contributed by atoms with Crippen LogP contribution in [-0.2, 0) is 0 Å². The Morgan fingerprint density at radius 2 is 1.13 bits per heavy atom. The molecule has 3 aromatic carbocycles. The Morgan fingerprint density at radius 3 is 1.78 bits per heavy atom. The molecule has 0 aliphatic heterocycles. The van der Waals surface area contributed by atoms with Gasteiger partial charge in [0.2, 0.25) is 0 Å². The first-order valence-electron chi connectivity index (χ1n) is 7.87. The van der Waals surface area contributed by atoms with Crippen molar-refractivity contribution in [1.29, 1.82) is 0 Å². The van der Waals surface area contributed by atoms with Crippen molar-refractivity contribution in [2.45, 2.75) is 5.92 Å². The van der Waals surface area contributed by atoms with E-state index in [4.69, 9.17) is 4.98 Å². The minimum atomic E-state index is 0.142. The lowest BCUT2D eigenvalue weighted by molar-refractivity contribution is 0.933. The van der Waals surface area contributed by atoms with Crippen molar-refractivity contribution in [3.8, 4) is 0 Å². The summed E-state index contributed by atoms with van der Waals surface area (Å²) in [6.45, 7) is 0. The quantitative estimate of drug-likeness (QED) is 0.492. The van der Waals surface area contributed by atoms with Gasteiger partial charge in [-0.2, -0.15) is 0 Å². The number of hydrogen-bond donors (Lipinski definition) is 0. The number of hydrogen-bond acceptors (Lipinski definition) is 1. The number of aromatic nitrogens is 1. The molecule has 0 saturated heterocycles. The fraction of sp³-hybridized carbons (Fsp3) is 0.0455. The SMILES string of the molecule is c1ccc(C(c2ccccc2)c2nccc3ccccc23)cc1. The van der Waals surface area contributed by atoms with E-state index in [9.17, 15) is 0 Å². The molecule has 1 heterocycles. The Morgan fingerprint density at radius 1 is 0.565 bits per heavy atom. The normalized spacial score (nSPS) is 11.0. The highest BCUT2D eigenvalue weighted by Crippen LogP contribution is 2.34. The van der Waals surface area contributed by atoms with Crippen molar-refractivity contribution >= 4 is 10.8 Å². The lowest BCUT2D eigenvalue weighted by Crippen LogP contribution is -2.06. The summed E-state index contributed by atoms with van der Waals surface area (Å²) in [5, 5.41) is 2.45. The van der Waals surface area contributed by atoms with Crippen LogP contribution in [0.15, 0.2) is 97.2 Å². The molecule has 0 atom stereocenters. The van der Waals surface area contributed by atoms with Gasteiger partial charge in [0, 0.05) is 11.6 Å². The van der Waals surface area contributed by atoms with E-state index in [0.29, 0.717) is 0 Å². The predicted molar refractivity (Wildman–Crippen MR) is 95.6 cm³/mol. The zero-order valence-electron chi connectivity index (χ0n) is 12.8. The predicted octanol–water partition coefficient (Wildman–Crippen LogP) is 5.42. The number of nitrogens with zero attached hydrogens (tertiary/aromatic N) is 1. The maximum Gasteiger partial charge on any atom is 0.0600 e. The first-order valence-corrected chi connectivity index (χ1v) is 7.87. The van der Waals surface area contributed by atoms with E-state index in [-0.39, 0.29) is 5.92 Å². The molecule has 0 amide bonds. The fourth-order valence-electron chi connectivity index (χ4n) is 3.17. The molecule has 110 valence electrons. The number of pyridine rings is 1. The van der Waals surface area contributed by atoms with E-state index < -0.39 is 0 Å². The van der Waals surface area contributed by atoms with Crippen LogP contribution < -0.4 is 0 Å². The highest BCUT2D eigenvalue weighted by Gasteiger charge is 2.19. The molecule has 1 heteroatoms. The second-order valence-corrected chi connectivity index (χ2v) is 5.67. The highest BCUT2D eigenvalue weighted by molar-refractivity contribution is 5.85. The fourth-order valence-corrected chi connectivity index (χ4v) is 3.17. The van der Waals surface area contributed by atoms with Crippen LogP contribution in [0.25, 0.3) is 10.8 Å². The van der Waals surface area contributed by atoms with Crippen LogP contribution in [0.1, 0.15) is 22.7 Å². The molecule has 0 aliphatic carbocycles. The summed E-state index contributed by atoms with van der Waals surface area (Å²) >= 11 is 0. The van der Waals surface area contributed by atoms with Crippen LogP contribution >= 0.6 is 0 Å². The third kappa shape index (κ3) is 2.62. The van der Waals surface area contributed by atoms with Gasteiger partial charge in [0.25, 0.3) is 0 Å². The van der Waals surface area contributed by atoms with Gasteiger partial charge in [-0.15, -0.1) is 0 Å². The molecular weight excluding hydrogens is 278 g/mol. The van der Waals surface area contributed by atoms with E-state index in [2.05, 4.69) is 91.0 Å². The van der Waals surface area contributed by atoms with Gasteiger partial charge >= 0.3 is 0 Å². The number of benzene rings is 3. The Bertz CT molecular complexity index is 869. The first kappa shape index (κ1) is 13.7. The smallest absolute Gasteiger partial charge is 0.0600 e. The summed E-state index contributed by atoms with van der Waals surface area (Å²) in [7, 11) is 0. The van der Waals surface area contributed by atoms with Crippen LogP contribution in [0.4, 0.5) is 0 Å². The zero-order valence-corrected chi connectivity index (χ0v) is 12.8. The molecule has 0 unspecified atom stereocenters. The second-order valence-electron chi connectivity index (χ2n) is 5.67. The number of fused-ring (bicyclic) bond motifs is 1. The minimum absolute atomic E-state index is 0.142. The van der Waals surface area contributed by atoms with Gasteiger partial charge in [-0.3, -0.25) is 4.98 Å². The van der Waals surface area contributed by atoms with Crippen molar-refractivity contribution in [2.24, 2.45) is 0 Å². The van der Waals surface area contributed by atoms with Crippen LogP contribution in [0.2, 0.25) is 0 Å². The van der Waals surface area contributed by atoms with Gasteiger partial charge in [0.05, 0.1) is 11.6 Å². The van der Waals surface area contributed by atoms with Crippen molar-refractivity contribution < 1.29 is 0 Å². The van der Waals surface area contributed by atoms with E-state index in [1.54, 1.807) is 0 Å². The van der Waals surface area contributed by atoms with Crippen LogP contribution in [-0.4, -0.2) is 4.98 Å². The molecule has 4 aromatic rings. The van der Waals surface area contributed by atoms with E-state index >= 15 is 0 Å². The second kappa shape index (κ2) is 6.05. The molecule has 23 heavy (non-hydrogen) atoms. The monoisotopic (exact) mass is 295 g/mol. The summed E-state index contributed by atoms with van der Waals surface area (Å²) in [5.74, 6) is 0.142. The maximum atomic E-state index is 4.76. The van der Waals surface area contributed by atoms with Gasteiger partial charge in [0.15, 0.2) is 0 Å². The highest BCUT2D eigenvalue weighted by atomic mass is 14.7. The Balaban J connectivity index is 1.98. The van der Waals surface area contributed by atoms with Crippen molar-refractivity contribution in [1.82, 2.24) is 4.98 Å². The minimum Gasteiger partial charge on any atom is -0.260 e. The summed E-state index contributed by atoms with van der Waals surface area (Å²) in [6, 6.07) is 31.8. The van der Waals surface area contributed by atoms with Gasteiger partial charge < -0.3 is 0 Å². The average molecular weight is 295 g/mol. The Kier molecular flexibility index (Phi) is 3.61. The third-order valence-corrected chi connectivity index (χ3v) is 4.24. The molecule has 0 N–H and O–H groups in total. The average Bonchev–Trinajstić information content (AvgIpc) is 2.64. The molecular formula is C22H17N. The first-order chi connectivity index (χ1) is 11.4. The lowest BCUT2D eigenvalue weighted by Gasteiger charge is -2.19. The van der Waals surface area contributed by atoms with Gasteiger partial charge in [-0.1, -0.05) is 84.9 Å². The largest absolute Gasteiger partial charge is 0.260 e. The van der Waals surface area contributed by atoms with Crippen LogP contribution in [0, 0.1) is 0 Å². The standard InChI is InChI=1S/C22H17N/c1-3-10-18(11-4-1)21(19-12-5-2-6-13-19)22-20-14-8-7-9-17(20)15-16-23-22/h1-16,21H. The molecule has 4 rings (SSSR count). The van der Waals surface area contributed by atoms with Crippen molar-refractivity contribution in [3.05, 3.63) is 114 Å². The Hall–Kier alpha value is -2.93. The maximum absolute atomic E-state index is 4.76. The molecule has 1 aromatic heterocycles. The number of rotatable bonds is 3. The van der Waals surface area contributed by atoms with E-state index in [1.165, 1.54) is 21.9 Å². The molecule has 0 saturated carbocycles. The van der Waals surface area contributed by atoms with Crippen molar-refractivity contribution in [3.63, 3.8) is 0 Å². The summed E-state index contributed by atoms with van der Waals surface area (Å²) in [4.78, 5) is 4.76. The van der Waals surface area contributed by atoms with Gasteiger partial charge in [-0.05, 0) is 22.6 Å². The molecule has 0 radical (unpaired) electrons. The summed E-state index contributed by atoms with van der Waals surface area (Å²) < 4.78 is 0. The van der Waals surface area contributed by atoms with Crippen LogP contribution in [0.3, 0.4) is 0 Å². The molecule has 1 nitrogen and oxygen atoms in total. The molecule has 0 fully saturated rings. The van der Waals surface area contributed by atoms with Crippen molar-refractivity contribution in [2.75, 3.05) is 0 Å². The molecule has 0 bridgehead atoms. The van der Waals surface area contributed by atoms with E-state index in [0.717, 1.165) is 5.69 Å². The third-order valence-electron chi connectivity index (χ3n) is 4.24. The summed E-state index contributed by atoms with van der Waals surface area (Å²) in [5.41, 5.74) is 3.64. The lowest BCUT2D eigenvalue weighted by atomic mass is 9.86.